The maximum absolute atomic E-state index is 12.3. The van der Waals surface area contributed by atoms with Gasteiger partial charge in [-0.2, -0.15) is 0 Å². The topological polar surface area (TPSA) is 112 Å². The van der Waals surface area contributed by atoms with Crippen LogP contribution in [-0.2, 0) is 16.2 Å². The zero-order valence-corrected chi connectivity index (χ0v) is 47.6. The summed E-state index contributed by atoms with van der Waals surface area (Å²) in [7, 11) is 0. The normalized spacial score (nSPS) is 12.6. The molecule has 0 aliphatic carbocycles. The second kappa shape index (κ2) is 35.6. The van der Waals surface area contributed by atoms with E-state index in [2.05, 4.69) is 86.0 Å². The van der Waals surface area contributed by atoms with E-state index >= 15 is 0 Å². The Labute approximate surface area is 463 Å². The van der Waals surface area contributed by atoms with Gasteiger partial charge in [0, 0.05) is 0 Å². The molecule has 4 amide bonds. The molecule has 0 saturated carbocycles. The number of unbranched alkanes of at least 4 members (excludes halogenated alkanes) is 27. The first-order valence-electron chi connectivity index (χ1n) is 30.5. The Morgan fingerprint density at radius 1 is 0.377 bits per heavy atom. The minimum Gasteiger partial charge on any atom is -0.490 e. The molecular weight excluding hydrogens is 957 g/mol. The summed E-state index contributed by atoms with van der Waals surface area (Å²) in [4.78, 5) is 36.1. The summed E-state index contributed by atoms with van der Waals surface area (Å²) in [6, 6.07) is 28.2. The molecule has 5 aromatic carbocycles. The Kier molecular flexibility index (Phi) is 27.9. The van der Waals surface area contributed by atoms with Crippen LogP contribution in [0.1, 0.15) is 225 Å². The van der Waals surface area contributed by atoms with Crippen LogP contribution in [-0.4, -0.2) is 37.7 Å². The van der Waals surface area contributed by atoms with Crippen LogP contribution in [0.3, 0.4) is 0 Å². The molecule has 1 fully saturated rings. The highest BCUT2D eigenvalue weighted by atomic mass is 16.5. The lowest BCUT2D eigenvalue weighted by Gasteiger charge is -2.19. The standard InChI is InChI=1S/C68H94N2O7/c1-4-7-10-13-16-19-22-25-28-31-42-74-63-47-54(48-64(75-43-32-29-26-23-20-17-14-11-8-5-2)65(63)76-44-33-30-27-24-21-18-15-12-9-6-3)52-77-61-41-40-59-50-58(38-39-60(59)51-61)57-37-36-55-45-53(34-35-56(55)49-57)46-62-66(71)69-68(73)70-67(62)72/h34-41,45-51H,4-33,42-44,52H2,1-3H3,(H2,69,70,71,72,73). The van der Waals surface area contributed by atoms with E-state index < -0.39 is 17.8 Å². The molecule has 0 radical (unpaired) electrons. The minimum absolute atomic E-state index is 0.109. The van der Waals surface area contributed by atoms with Crippen molar-refractivity contribution < 1.29 is 33.3 Å². The van der Waals surface area contributed by atoms with Gasteiger partial charge >= 0.3 is 6.03 Å². The van der Waals surface area contributed by atoms with E-state index in [1.54, 1.807) is 0 Å². The fourth-order valence-corrected chi connectivity index (χ4v) is 10.3. The summed E-state index contributed by atoms with van der Waals surface area (Å²) in [5.41, 5.74) is 3.73. The van der Waals surface area contributed by atoms with Crippen molar-refractivity contribution >= 4 is 45.5 Å². The van der Waals surface area contributed by atoms with Crippen LogP contribution in [0, 0.1) is 0 Å². The van der Waals surface area contributed by atoms with Gasteiger partial charge in [-0.15, -0.1) is 0 Å². The van der Waals surface area contributed by atoms with E-state index in [-0.39, 0.29) is 5.57 Å². The summed E-state index contributed by atoms with van der Waals surface area (Å²) < 4.78 is 26.6. The van der Waals surface area contributed by atoms with Gasteiger partial charge < -0.3 is 18.9 Å². The number of rotatable bonds is 41. The fraction of sp³-hybridized carbons (Fsp3) is 0.544. The molecule has 418 valence electrons. The number of carbonyl (C=O) groups excluding carboxylic acids is 3. The molecule has 9 heteroatoms. The molecule has 0 unspecified atom stereocenters. The van der Waals surface area contributed by atoms with E-state index in [1.165, 1.54) is 179 Å². The predicted molar refractivity (Wildman–Crippen MR) is 319 cm³/mol. The summed E-state index contributed by atoms with van der Waals surface area (Å²) >= 11 is 0. The van der Waals surface area contributed by atoms with Gasteiger partial charge in [0.25, 0.3) is 11.8 Å². The Hall–Kier alpha value is -5.83. The number of fused-ring (bicyclic) bond motifs is 2. The van der Waals surface area contributed by atoms with Crippen molar-refractivity contribution in [3.05, 3.63) is 102 Å². The van der Waals surface area contributed by atoms with E-state index in [0.717, 1.165) is 80.5 Å². The van der Waals surface area contributed by atoms with Gasteiger partial charge in [0.1, 0.15) is 17.9 Å². The first kappa shape index (κ1) is 60.4. The molecular formula is C68H94N2O7. The molecule has 5 aromatic rings. The van der Waals surface area contributed by atoms with Crippen LogP contribution in [0.5, 0.6) is 23.0 Å². The molecule has 1 saturated heterocycles. The maximum Gasteiger partial charge on any atom is 0.328 e. The van der Waals surface area contributed by atoms with Crippen LogP contribution >= 0.6 is 0 Å². The van der Waals surface area contributed by atoms with Crippen molar-refractivity contribution in [3.63, 3.8) is 0 Å². The van der Waals surface area contributed by atoms with Gasteiger partial charge in [0.2, 0.25) is 5.75 Å². The average Bonchev–Trinajstić information content (AvgIpc) is 3.43. The van der Waals surface area contributed by atoms with Gasteiger partial charge in [-0.3, -0.25) is 20.2 Å². The molecule has 1 aliphatic rings. The highest BCUT2D eigenvalue weighted by molar-refractivity contribution is 6.31. The van der Waals surface area contributed by atoms with E-state index in [0.29, 0.717) is 32.0 Å². The smallest absolute Gasteiger partial charge is 0.328 e. The zero-order valence-electron chi connectivity index (χ0n) is 47.6. The number of amides is 4. The van der Waals surface area contributed by atoms with Crippen LogP contribution in [0.4, 0.5) is 4.79 Å². The summed E-state index contributed by atoms with van der Waals surface area (Å²) in [6.07, 6.45) is 39.9. The molecule has 0 bridgehead atoms. The van der Waals surface area contributed by atoms with Gasteiger partial charge in [0.15, 0.2) is 11.5 Å². The molecule has 2 N–H and O–H groups in total. The number of ether oxygens (including phenoxy) is 4. The number of benzene rings is 5. The SMILES string of the molecule is CCCCCCCCCCCCOc1cc(COc2ccc3cc(-c4ccc5cc(C=C6C(=O)NC(=O)NC6=O)ccc5c4)ccc3c2)cc(OCCCCCCCCCCCC)c1OCCCCCCCCCCCC. The van der Waals surface area contributed by atoms with Gasteiger partial charge in [-0.25, -0.2) is 4.79 Å². The van der Waals surface area contributed by atoms with Crippen molar-refractivity contribution in [2.75, 3.05) is 19.8 Å². The molecule has 0 spiro atoms. The van der Waals surface area contributed by atoms with Crippen molar-refractivity contribution in [3.8, 4) is 34.1 Å². The highest BCUT2D eigenvalue weighted by Crippen LogP contribution is 2.40. The number of urea groups is 1. The number of imide groups is 2. The number of barbiturate groups is 1. The third kappa shape index (κ3) is 21.8. The van der Waals surface area contributed by atoms with Crippen LogP contribution in [0.2, 0.25) is 0 Å². The second-order valence-corrected chi connectivity index (χ2v) is 21.6. The van der Waals surface area contributed by atoms with E-state index in [1.807, 2.05) is 30.3 Å². The largest absolute Gasteiger partial charge is 0.490 e. The lowest BCUT2D eigenvalue weighted by molar-refractivity contribution is -0.123. The lowest BCUT2D eigenvalue weighted by Crippen LogP contribution is -2.51. The number of carbonyl (C=O) groups is 3. The second-order valence-electron chi connectivity index (χ2n) is 21.6. The fourth-order valence-electron chi connectivity index (χ4n) is 10.3. The number of hydrogen-bond acceptors (Lipinski definition) is 7. The Balaban J connectivity index is 1.11. The monoisotopic (exact) mass is 1050 g/mol. The number of hydrogen-bond donors (Lipinski definition) is 2. The average molecular weight is 1050 g/mol. The molecule has 77 heavy (non-hydrogen) atoms. The Bertz CT molecular complexity index is 2510. The van der Waals surface area contributed by atoms with E-state index in [9.17, 15) is 14.4 Å². The van der Waals surface area contributed by atoms with Gasteiger partial charge in [-0.1, -0.05) is 237 Å². The summed E-state index contributed by atoms with van der Waals surface area (Å²) in [5, 5.41) is 8.43. The van der Waals surface area contributed by atoms with Crippen LogP contribution in [0.25, 0.3) is 38.7 Å². The van der Waals surface area contributed by atoms with Crippen molar-refractivity contribution in [2.45, 2.75) is 220 Å². The molecule has 1 aliphatic heterocycles. The molecule has 9 nitrogen and oxygen atoms in total. The Morgan fingerprint density at radius 2 is 0.753 bits per heavy atom. The molecule has 0 aromatic heterocycles. The summed E-state index contributed by atoms with van der Waals surface area (Å²) in [5.74, 6) is 1.61. The number of nitrogens with one attached hydrogen (secondary N) is 2. The quantitative estimate of drug-likeness (QED) is 0.0228. The van der Waals surface area contributed by atoms with E-state index in [4.69, 9.17) is 18.9 Å². The first-order valence-corrected chi connectivity index (χ1v) is 30.5. The minimum atomic E-state index is -0.814. The lowest BCUT2D eigenvalue weighted by atomic mass is 9.97. The third-order valence-corrected chi connectivity index (χ3v) is 15.0. The van der Waals surface area contributed by atoms with Crippen molar-refractivity contribution in [2.24, 2.45) is 0 Å². The highest BCUT2D eigenvalue weighted by Gasteiger charge is 2.27. The zero-order chi connectivity index (χ0) is 54.1. The Morgan fingerprint density at radius 3 is 1.21 bits per heavy atom. The third-order valence-electron chi connectivity index (χ3n) is 15.0. The molecule has 6 rings (SSSR count). The maximum atomic E-state index is 12.3. The molecule has 1 heterocycles. The van der Waals surface area contributed by atoms with Gasteiger partial charge in [0.05, 0.1) is 19.8 Å². The predicted octanol–water partition coefficient (Wildman–Crippen LogP) is 18.9. The van der Waals surface area contributed by atoms with Gasteiger partial charge in [-0.05, 0) is 112 Å². The molecule has 0 atom stereocenters. The first-order chi connectivity index (χ1) is 37.8. The summed E-state index contributed by atoms with van der Waals surface area (Å²) in [6.45, 7) is 9.14. The van der Waals surface area contributed by atoms with Crippen molar-refractivity contribution in [1.82, 2.24) is 10.6 Å². The van der Waals surface area contributed by atoms with Crippen LogP contribution < -0.4 is 29.6 Å². The van der Waals surface area contributed by atoms with Crippen molar-refractivity contribution in [1.29, 1.82) is 0 Å². The van der Waals surface area contributed by atoms with Crippen LogP contribution in [0.15, 0.2) is 90.5 Å².